The van der Waals surface area contributed by atoms with Crippen LogP contribution in [0, 0.1) is 29.8 Å². The van der Waals surface area contributed by atoms with Crippen LogP contribution in [-0.4, -0.2) is 14.1 Å². The Labute approximate surface area is 448 Å². The molecule has 0 amide bonds. The molecule has 0 saturated heterocycles. The van der Waals surface area contributed by atoms with E-state index in [0.717, 1.165) is 49.6 Å². The Morgan fingerprint density at radius 3 is 2.06 bits per heavy atom. The second kappa shape index (κ2) is 19.2. The van der Waals surface area contributed by atoms with Crippen molar-refractivity contribution in [2.75, 3.05) is 0 Å². The molecule has 7 aromatic carbocycles. The molecule has 0 bridgehead atoms. The summed E-state index contributed by atoms with van der Waals surface area (Å²) >= 11 is 0. The van der Waals surface area contributed by atoms with E-state index < -0.39 is 36.3 Å². The van der Waals surface area contributed by atoms with Crippen LogP contribution in [0.5, 0.6) is 11.5 Å². The molecule has 0 atom stereocenters. The van der Waals surface area contributed by atoms with E-state index in [-0.39, 0.29) is 55.5 Å². The van der Waals surface area contributed by atoms with E-state index in [2.05, 4.69) is 78.2 Å². The zero-order valence-electron chi connectivity index (χ0n) is 51.2. The van der Waals surface area contributed by atoms with Crippen LogP contribution in [0.15, 0.2) is 158 Å². The molecular weight excluding hydrogens is 1050 g/mol. The van der Waals surface area contributed by atoms with Gasteiger partial charge in [0.15, 0.2) is 0 Å². The molecular formula is C65H64N4OPt-2. The normalized spacial score (nSPS) is 14.5. The second-order valence-corrected chi connectivity index (χ2v) is 21.5. The number of benzene rings is 7. The molecule has 3 aromatic heterocycles. The largest absolute Gasteiger partial charge is 0.510 e. The Morgan fingerprint density at radius 1 is 0.662 bits per heavy atom. The Kier molecular flexibility index (Phi) is 10.6. The van der Waals surface area contributed by atoms with E-state index in [4.69, 9.17) is 19.3 Å². The van der Waals surface area contributed by atoms with Crippen LogP contribution in [0.1, 0.15) is 111 Å². The molecule has 0 saturated carbocycles. The fourth-order valence-electron chi connectivity index (χ4n) is 9.10. The molecule has 0 N–H and O–H groups in total. The summed E-state index contributed by atoms with van der Waals surface area (Å²) in [6, 6.07) is 43.6. The van der Waals surface area contributed by atoms with Crippen molar-refractivity contribution < 1.29 is 42.7 Å². The molecule has 362 valence electrons. The number of ether oxygens (including phenoxy) is 1. The summed E-state index contributed by atoms with van der Waals surface area (Å²) in [6.07, 6.45) is 1.95. The predicted molar refractivity (Wildman–Crippen MR) is 290 cm³/mol. The van der Waals surface area contributed by atoms with E-state index in [1.807, 2.05) is 133 Å². The third-order valence-corrected chi connectivity index (χ3v) is 12.4. The first-order chi connectivity index (χ1) is 37.0. The fraction of sp³-hybridized carbons (Fsp3) is 0.262. The maximum absolute atomic E-state index is 9.23. The number of fused-ring (bicyclic) bond motifs is 4. The maximum Gasteiger partial charge on any atom is 0.268 e. The molecule has 0 aliphatic rings. The van der Waals surface area contributed by atoms with Crippen molar-refractivity contribution in [3.8, 4) is 50.9 Å². The zero-order valence-corrected chi connectivity index (χ0v) is 44.5. The number of rotatable bonds is 10. The number of pyridine rings is 1. The number of aromatic nitrogens is 4. The van der Waals surface area contributed by atoms with Crippen molar-refractivity contribution in [3.05, 3.63) is 198 Å². The average Bonchev–Trinajstić information content (AvgIpc) is 4.16. The van der Waals surface area contributed by atoms with Gasteiger partial charge in [-0.15, -0.1) is 29.7 Å². The van der Waals surface area contributed by atoms with Gasteiger partial charge in [-0.25, -0.2) is 4.98 Å². The van der Waals surface area contributed by atoms with E-state index in [1.165, 1.54) is 0 Å². The Bertz CT molecular complexity index is 4000. The summed E-state index contributed by atoms with van der Waals surface area (Å²) in [5.74, 6) is 0.923. The number of para-hydroxylation sites is 3. The van der Waals surface area contributed by atoms with Crippen molar-refractivity contribution >= 4 is 32.8 Å². The molecule has 0 aliphatic heterocycles. The smallest absolute Gasteiger partial charge is 0.268 e. The standard InChI is InChI=1S/C65H64N4O.Pt/c1-43(2)33-44-27-30-57-56(34-44)55-29-28-52(40-60(55)69(57)61-35-45(31-32-66-61)41-63(3,4)5)70-51-22-17-21-50(39-51)67-42-68(59-26-16-15-25-58(59)67)62-53(46-19-13-12-14-20-46)23-18-24-54(62)47-36-48(64(6,7)8)38-49(37-47)65(9,10)11;/h12-32,34-38,43H,33,41H2,1-11H3;/q-2;/i12D,13D,14D,19D,20D,33D2,41D2;. The van der Waals surface area contributed by atoms with Gasteiger partial charge in [-0.05, 0) is 109 Å². The topological polar surface area (TPSA) is 35.9 Å². The molecule has 10 aromatic rings. The van der Waals surface area contributed by atoms with Crippen molar-refractivity contribution in [3.63, 3.8) is 0 Å². The number of nitrogens with zero attached hydrogens (tertiary/aromatic N) is 4. The summed E-state index contributed by atoms with van der Waals surface area (Å²) in [6.45, 7) is 22.4. The minimum atomic E-state index is -1.70. The van der Waals surface area contributed by atoms with E-state index in [0.29, 0.717) is 50.9 Å². The van der Waals surface area contributed by atoms with Gasteiger partial charge in [0.25, 0.3) is 6.33 Å². The van der Waals surface area contributed by atoms with Crippen LogP contribution < -0.4 is 9.30 Å². The maximum atomic E-state index is 9.23. The van der Waals surface area contributed by atoms with Gasteiger partial charge in [0.1, 0.15) is 5.82 Å². The first kappa shape index (κ1) is 39.1. The Morgan fingerprint density at radius 2 is 1.35 bits per heavy atom. The van der Waals surface area contributed by atoms with E-state index in [9.17, 15) is 2.74 Å². The second-order valence-electron chi connectivity index (χ2n) is 21.5. The predicted octanol–water partition coefficient (Wildman–Crippen LogP) is 16.3. The Hall–Kier alpha value is -6.55. The van der Waals surface area contributed by atoms with Gasteiger partial charge in [-0.1, -0.05) is 185 Å². The van der Waals surface area contributed by atoms with Gasteiger partial charge < -0.3 is 13.9 Å². The molecule has 0 aliphatic carbocycles. The van der Waals surface area contributed by atoms with Crippen molar-refractivity contribution in [2.45, 2.75) is 99.7 Å². The van der Waals surface area contributed by atoms with Gasteiger partial charge in [-0.2, -0.15) is 18.2 Å². The molecule has 5 nitrogen and oxygen atoms in total. The number of hydrogen-bond acceptors (Lipinski definition) is 2. The fourth-order valence-corrected chi connectivity index (χ4v) is 9.10. The van der Waals surface area contributed by atoms with Crippen LogP contribution >= 0.6 is 0 Å². The van der Waals surface area contributed by atoms with Gasteiger partial charge in [-0.3, -0.25) is 4.57 Å². The van der Waals surface area contributed by atoms with E-state index in [1.54, 1.807) is 24.4 Å². The average molecular weight is 1120 g/mol. The van der Waals surface area contributed by atoms with E-state index >= 15 is 0 Å². The molecule has 0 radical (unpaired) electrons. The van der Waals surface area contributed by atoms with Crippen molar-refractivity contribution in [1.82, 2.24) is 14.1 Å². The molecule has 6 heteroatoms. The van der Waals surface area contributed by atoms with Crippen LogP contribution in [0.2, 0.25) is 0 Å². The molecule has 71 heavy (non-hydrogen) atoms. The molecule has 0 fully saturated rings. The minimum absolute atomic E-state index is 0. The number of imidazole rings is 1. The van der Waals surface area contributed by atoms with Crippen molar-refractivity contribution in [1.29, 1.82) is 0 Å². The van der Waals surface area contributed by atoms with Crippen molar-refractivity contribution in [2.24, 2.45) is 11.3 Å². The minimum Gasteiger partial charge on any atom is -0.510 e. The molecule has 0 spiro atoms. The summed E-state index contributed by atoms with van der Waals surface area (Å²) in [5, 5.41) is 1.57. The third-order valence-electron chi connectivity index (χ3n) is 12.4. The molecule has 3 heterocycles. The first-order valence-electron chi connectivity index (χ1n) is 28.5. The first-order valence-corrected chi connectivity index (χ1v) is 24.0. The molecule has 0 unspecified atom stereocenters. The van der Waals surface area contributed by atoms with Crippen LogP contribution in [0.25, 0.3) is 72.3 Å². The Balaban J connectivity index is 0.00000774. The quantitative estimate of drug-likeness (QED) is 0.101. The summed E-state index contributed by atoms with van der Waals surface area (Å²) < 4.78 is 93.0. The summed E-state index contributed by atoms with van der Waals surface area (Å²) in [7, 11) is 0. The summed E-state index contributed by atoms with van der Waals surface area (Å²) in [5.41, 5.74) is 8.30. The number of hydrogen-bond donors (Lipinski definition) is 0. The van der Waals surface area contributed by atoms with Gasteiger partial charge >= 0.3 is 0 Å². The van der Waals surface area contributed by atoms with Crippen LogP contribution in [0.3, 0.4) is 0 Å². The van der Waals surface area contributed by atoms with Crippen LogP contribution in [-0.2, 0) is 44.6 Å². The zero-order chi connectivity index (χ0) is 57.1. The summed E-state index contributed by atoms with van der Waals surface area (Å²) in [4.78, 5) is 4.78. The third kappa shape index (κ3) is 10.2. The SMILES string of the molecule is [2H]c1c([2H])c([2H])c(-c2cccc(-c3cc(C(C)(C)C)cc(C(C)(C)C)c3)c2-[n+]2[c-]n(-c3[c-]c(Oc4[c-]c5c(cc4)c4cc(C([2H])([2H])C(C)C)ccc4n5-c4cc(C([2H])([2H])C(C)(C)C)ccn4)ccc3)c3ccccc32)c([2H])c1[2H].[Pt]. The van der Waals surface area contributed by atoms with Crippen LogP contribution in [0.4, 0.5) is 0 Å². The van der Waals surface area contributed by atoms with Gasteiger partial charge in [0, 0.05) is 49.8 Å². The van der Waals surface area contributed by atoms with Gasteiger partial charge in [0.05, 0.1) is 23.6 Å². The van der Waals surface area contributed by atoms with Gasteiger partial charge in [0.2, 0.25) is 0 Å². The monoisotopic (exact) mass is 1120 g/mol. The molecule has 10 rings (SSSR count).